The number of rotatable bonds is 6. The summed E-state index contributed by atoms with van der Waals surface area (Å²) >= 11 is 0. The van der Waals surface area contributed by atoms with Crippen molar-refractivity contribution in [2.75, 3.05) is 6.61 Å². The van der Waals surface area contributed by atoms with E-state index < -0.39 is 0 Å². The van der Waals surface area contributed by atoms with Crippen LogP contribution in [0.4, 0.5) is 0 Å². The van der Waals surface area contributed by atoms with Gasteiger partial charge in [0.15, 0.2) is 0 Å². The normalized spacial score (nSPS) is 12.6. The number of phenols is 2. The first-order valence-electron chi connectivity index (χ1n) is 7.16. The van der Waals surface area contributed by atoms with Gasteiger partial charge < -0.3 is 20.1 Å². The molecule has 0 aliphatic heterocycles. The Kier molecular flexibility index (Phi) is 5.58. The predicted octanol–water partition coefficient (Wildman–Crippen LogP) is 3.38. The van der Waals surface area contributed by atoms with Crippen molar-refractivity contribution in [2.45, 2.75) is 19.6 Å². The second-order valence-electron chi connectivity index (χ2n) is 4.84. The lowest BCUT2D eigenvalue weighted by molar-refractivity contribution is 0.0973. The van der Waals surface area contributed by atoms with E-state index in [0.29, 0.717) is 17.7 Å². The fourth-order valence-corrected chi connectivity index (χ4v) is 2.17. The smallest absolute Gasteiger partial charge is 0.123 e. The molecule has 1 unspecified atom stereocenters. The second kappa shape index (κ2) is 7.64. The van der Waals surface area contributed by atoms with Crippen LogP contribution in [-0.2, 0) is 11.3 Å². The molecular weight excluding hydrogens is 280 g/mol. The molecule has 0 heterocycles. The molecule has 0 bridgehead atoms. The molecule has 116 valence electrons. The van der Waals surface area contributed by atoms with Gasteiger partial charge in [0.25, 0.3) is 0 Å². The maximum Gasteiger partial charge on any atom is 0.123 e. The van der Waals surface area contributed by atoms with Crippen LogP contribution in [0.5, 0.6) is 11.5 Å². The van der Waals surface area contributed by atoms with Crippen LogP contribution in [0.2, 0.25) is 0 Å². The van der Waals surface area contributed by atoms with Gasteiger partial charge in [-0.1, -0.05) is 42.5 Å². The molecule has 0 saturated carbocycles. The number of ether oxygens (including phenoxy) is 1. The van der Waals surface area contributed by atoms with E-state index in [2.05, 4.69) is 0 Å². The number of phenolic OH excluding ortho intramolecular Hbond substituents is 1. The van der Waals surface area contributed by atoms with Gasteiger partial charge in [0, 0.05) is 17.7 Å². The number of aliphatic hydroxyl groups excluding tert-OH is 1. The van der Waals surface area contributed by atoms with Gasteiger partial charge in [0.05, 0.1) is 6.61 Å². The van der Waals surface area contributed by atoms with E-state index in [0.717, 1.165) is 5.56 Å². The SMILES string of the molecule is CCOC(C=Cc1cc(O)c(CO)cc1O)c1ccccc1. The summed E-state index contributed by atoms with van der Waals surface area (Å²) in [6.45, 7) is 2.16. The van der Waals surface area contributed by atoms with Crippen LogP contribution in [-0.4, -0.2) is 21.9 Å². The topological polar surface area (TPSA) is 69.9 Å². The molecule has 1 atom stereocenters. The zero-order valence-corrected chi connectivity index (χ0v) is 12.4. The first-order chi connectivity index (χ1) is 10.7. The van der Waals surface area contributed by atoms with E-state index in [1.807, 2.05) is 43.3 Å². The summed E-state index contributed by atoms with van der Waals surface area (Å²) in [6.07, 6.45) is 3.29. The third-order valence-corrected chi connectivity index (χ3v) is 3.32. The predicted molar refractivity (Wildman–Crippen MR) is 85.5 cm³/mol. The standard InChI is InChI=1S/C18H20O4/c1-2-22-18(13-6-4-3-5-7-13)9-8-14-10-17(21)15(12-19)11-16(14)20/h3-11,18-21H,2,12H2,1H3. The fraction of sp³-hybridized carbons (Fsp3) is 0.222. The molecule has 4 heteroatoms. The van der Waals surface area contributed by atoms with Crippen molar-refractivity contribution in [1.82, 2.24) is 0 Å². The quantitative estimate of drug-likeness (QED) is 0.715. The number of hydrogen-bond acceptors (Lipinski definition) is 4. The Morgan fingerprint density at radius 2 is 1.82 bits per heavy atom. The molecule has 2 aromatic rings. The Morgan fingerprint density at radius 1 is 1.09 bits per heavy atom. The lowest BCUT2D eigenvalue weighted by atomic mass is 10.1. The molecule has 0 aliphatic carbocycles. The summed E-state index contributed by atoms with van der Waals surface area (Å²) in [4.78, 5) is 0. The lowest BCUT2D eigenvalue weighted by Crippen LogP contribution is -2.00. The van der Waals surface area contributed by atoms with Crippen molar-refractivity contribution < 1.29 is 20.1 Å². The van der Waals surface area contributed by atoms with Crippen molar-refractivity contribution >= 4 is 6.08 Å². The summed E-state index contributed by atoms with van der Waals surface area (Å²) in [6, 6.07) is 12.5. The molecule has 22 heavy (non-hydrogen) atoms. The van der Waals surface area contributed by atoms with E-state index in [1.54, 1.807) is 6.08 Å². The summed E-state index contributed by atoms with van der Waals surface area (Å²) < 4.78 is 5.69. The van der Waals surface area contributed by atoms with E-state index in [1.165, 1.54) is 12.1 Å². The van der Waals surface area contributed by atoms with Gasteiger partial charge in [0.2, 0.25) is 0 Å². The van der Waals surface area contributed by atoms with Crippen molar-refractivity contribution in [3.8, 4) is 11.5 Å². The molecule has 4 nitrogen and oxygen atoms in total. The van der Waals surface area contributed by atoms with Crippen LogP contribution in [0.25, 0.3) is 6.08 Å². The van der Waals surface area contributed by atoms with Gasteiger partial charge >= 0.3 is 0 Å². The Bertz CT molecular complexity index is 635. The highest BCUT2D eigenvalue weighted by molar-refractivity contribution is 5.61. The van der Waals surface area contributed by atoms with Crippen molar-refractivity contribution in [3.05, 3.63) is 65.2 Å². The first kappa shape index (κ1) is 16.1. The zero-order chi connectivity index (χ0) is 15.9. The highest BCUT2D eigenvalue weighted by atomic mass is 16.5. The number of aliphatic hydroxyl groups is 1. The summed E-state index contributed by atoms with van der Waals surface area (Å²) in [5.74, 6) is -0.0472. The van der Waals surface area contributed by atoms with Gasteiger partial charge in [0.1, 0.15) is 17.6 Å². The maximum atomic E-state index is 9.95. The molecule has 2 aromatic carbocycles. The van der Waals surface area contributed by atoms with Gasteiger partial charge in [-0.15, -0.1) is 0 Å². The van der Waals surface area contributed by atoms with Crippen LogP contribution in [0.15, 0.2) is 48.5 Å². The molecule has 0 aliphatic rings. The molecule has 3 N–H and O–H groups in total. The van der Waals surface area contributed by atoms with E-state index >= 15 is 0 Å². The Hall–Kier alpha value is -2.30. The second-order valence-corrected chi connectivity index (χ2v) is 4.84. The molecule has 0 saturated heterocycles. The highest BCUT2D eigenvalue weighted by Gasteiger charge is 2.09. The lowest BCUT2D eigenvalue weighted by Gasteiger charge is -2.13. The third-order valence-electron chi connectivity index (χ3n) is 3.32. The van der Waals surface area contributed by atoms with E-state index in [4.69, 9.17) is 9.84 Å². The third kappa shape index (κ3) is 3.87. The van der Waals surface area contributed by atoms with Crippen LogP contribution >= 0.6 is 0 Å². The highest BCUT2D eigenvalue weighted by Crippen LogP contribution is 2.29. The first-order valence-corrected chi connectivity index (χ1v) is 7.16. The van der Waals surface area contributed by atoms with E-state index in [9.17, 15) is 10.2 Å². The zero-order valence-electron chi connectivity index (χ0n) is 12.4. The monoisotopic (exact) mass is 300 g/mol. The van der Waals surface area contributed by atoms with Crippen molar-refractivity contribution in [1.29, 1.82) is 0 Å². The summed E-state index contributed by atoms with van der Waals surface area (Å²) in [7, 11) is 0. The van der Waals surface area contributed by atoms with Crippen LogP contribution in [0.3, 0.4) is 0 Å². The maximum absolute atomic E-state index is 9.95. The van der Waals surface area contributed by atoms with Crippen LogP contribution in [0.1, 0.15) is 29.7 Å². The molecular formula is C18H20O4. The number of aromatic hydroxyl groups is 2. The van der Waals surface area contributed by atoms with Gasteiger partial charge in [-0.05, 0) is 24.6 Å². The minimum Gasteiger partial charge on any atom is -0.508 e. The number of benzene rings is 2. The number of hydrogen-bond donors (Lipinski definition) is 3. The molecule has 0 spiro atoms. The molecule has 0 aromatic heterocycles. The average molecular weight is 300 g/mol. The Labute approximate surface area is 129 Å². The Morgan fingerprint density at radius 3 is 2.45 bits per heavy atom. The summed E-state index contributed by atoms with van der Waals surface area (Å²) in [5.41, 5.74) is 1.77. The molecule has 2 rings (SSSR count). The minimum absolute atomic E-state index is 0.00131. The average Bonchev–Trinajstić information content (AvgIpc) is 2.54. The van der Waals surface area contributed by atoms with Gasteiger partial charge in [-0.3, -0.25) is 0 Å². The van der Waals surface area contributed by atoms with E-state index in [-0.39, 0.29) is 24.2 Å². The molecule has 0 radical (unpaired) electrons. The van der Waals surface area contributed by atoms with Crippen molar-refractivity contribution in [2.24, 2.45) is 0 Å². The van der Waals surface area contributed by atoms with Crippen LogP contribution in [0, 0.1) is 0 Å². The van der Waals surface area contributed by atoms with Crippen LogP contribution < -0.4 is 0 Å². The molecule has 0 amide bonds. The fourth-order valence-electron chi connectivity index (χ4n) is 2.17. The van der Waals surface area contributed by atoms with Gasteiger partial charge in [-0.25, -0.2) is 0 Å². The Balaban J connectivity index is 2.27. The van der Waals surface area contributed by atoms with Crippen molar-refractivity contribution in [3.63, 3.8) is 0 Å². The summed E-state index contributed by atoms with van der Waals surface area (Å²) in [5, 5.41) is 28.8. The largest absolute Gasteiger partial charge is 0.508 e. The molecule has 0 fully saturated rings. The minimum atomic E-state index is -0.324. The van der Waals surface area contributed by atoms with Gasteiger partial charge in [-0.2, -0.15) is 0 Å².